The molecule has 3 aromatic heterocycles. The van der Waals surface area contributed by atoms with Crippen LogP contribution in [0.4, 0.5) is 5.13 Å². The number of anilines is 1. The third kappa shape index (κ3) is 3.20. The van der Waals surface area contributed by atoms with E-state index in [2.05, 4.69) is 20.2 Å². The van der Waals surface area contributed by atoms with E-state index in [-0.39, 0.29) is 27.5 Å². The van der Waals surface area contributed by atoms with Gasteiger partial charge in [0.2, 0.25) is 0 Å². The van der Waals surface area contributed by atoms with E-state index < -0.39 is 5.97 Å². The maximum atomic E-state index is 12.5. The molecule has 1 amide bonds. The number of aromatic nitrogens is 2. The molecule has 11 heteroatoms. The highest BCUT2D eigenvalue weighted by molar-refractivity contribution is 7.19. The summed E-state index contributed by atoms with van der Waals surface area (Å²) >= 11 is 14.9. The summed E-state index contributed by atoms with van der Waals surface area (Å²) in [6.45, 7) is 3.22. The molecule has 1 saturated carbocycles. The Hall–Kier alpha value is -2.07. The Morgan fingerprint density at radius 1 is 1.30 bits per heavy atom. The van der Waals surface area contributed by atoms with Crippen LogP contribution >= 0.6 is 45.9 Å². The summed E-state index contributed by atoms with van der Waals surface area (Å²) in [5.41, 5.74) is 1.47. The first-order valence-corrected chi connectivity index (χ1v) is 11.7. The molecule has 0 spiro atoms. The Labute approximate surface area is 189 Å². The van der Waals surface area contributed by atoms with E-state index in [9.17, 15) is 14.7 Å². The lowest BCUT2D eigenvalue weighted by Gasteiger charge is -2.19. The fourth-order valence-corrected chi connectivity index (χ4v) is 6.16. The van der Waals surface area contributed by atoms with Gasteiger partial charge in [-0.05, 0) is 18.4 Å². The second-order valence-electron chi connectivity index (χ2n) is 7.44. The number of aromatic amines is 1. The number of carbonyl (C=O) groups excluding carboxylic acids is 1. The summed E-state index contributed by atoms with van der Waals surface area (Å²) in [6, 6.07) is 3.83. The zero-order chi connectivity index (χ0) is 21.2. The van der Waals surface area contributed by atoms with Gasteiger partial charge in [0.1, 0.15) is 16.3 Å². The van der Waals surface area contributed by atoms with Crippen molar-refractivity contribution in [2.24, 2.45) is 11.8 Å². The van der Waals surface area contributed by atoms with E-state index in [4.69, 9.17) is 23.2 Å². The number of carboxylic acids is 1. The summed E-state index contributed by atoms with van der Waals surface area (Å²) in [4.78, 5) is 35.0. The van der Waals surface area contributed by atoms with Crippen molar-refractivity contribution < 1.29 is 14.7 Å². The SMILES string of the molecule is Cc1[nH]c(C(=O)NC2[C@H]3CN(c4nc(-c5cccs5)c(C(=O)O)s4)C[C@@H]23)c(Cl)c1Cl. The number of aryl methyl sites for hydroxylation is 1. The molecule has 1 unspecified atom stereocenters. The molecule has 0 aromatic carbocycles. The number of thiophene rings is 1. The summed E-state index contributed by atoms with van der Waals surface area (Å²) in [6.07, 6.45) is 0. The quantitative estimate of drug-likeness (QED) is 0.501. The van der Waals surface area contributed by atoms with Crippen molar-refractivity contribution in [3.05, 3.63) is 43.8 Å². The van der Waals surface area contributed by atoms with Crippen LogP contribution in [0.2, 0.25) is 10.0 Å². The van der Waals surface area contributed by atoms with Crippen molar-refractivity contribution in [2.45, 2.75) is 13.0 Å². The van der Waals surface area contributed by atoms with Crippen molar-refractivity contribution >= 4 is 62.9 Å². The summed E-state index contributed by atoms with van der Waals surface area (Å²) in [5, 5.41) is 15.8. The summed E-state index contributed by atoms with van der Waals surface area (Å²) < 4.78 is 0. The third-order valence-electron chi connectivity index (χ3n) is 5.61. The molecule has 30 heavy (non-hydrogen) atoms. The standard InChI is InChI=1S/C19H16Cl2N4O3S2/c1-7-11(20)12(21)15(22-7)17(26)23-13-8-5-25(6-9(8)13)19-24-14(10-3-2-4-29-10)16(30-19)18(27)28/h2-4,8-9,13,22H,5-6H2,1H3,(H,23,26)(H,27,28)/t8-,9+,13?. The lowest BCUT2D eigenvalue weighted by molar-refractivity contribution is 0.0702. The van der Waals surface area contributed by atoms with Crippen LogP contribution in [0.3, 0.4) is 0 Å². The molecule has 3 aromatic rings. The van der Waals surface area contributed by atoms with Crippen molar-refractivity contribution in [1.82, 2.24) is 15.3 Å². The number of rotatable bonds is 5. The number of fused-ring (bicyclic) bond motifs is 1. The van der Waals surface area contributed by atoms with Crippen LogP contribution in [0.5, 0.6) is 0 Å². The van der Waals surface area contributed by atoms with Crippen molar-refractivity contribution in [1.29, 1.82) is 0 Å². The van der Waals surface area contributed by atoms with Crippen molar-refractivity contribution in [3.8, 4) is 10.6 Å². The van der Waals surface area contributed by atoms with Gasteiger partial charge in [-0.1, -0.05) is 40.6 Å². The smallest absolute Gasteiger partial charge is 0.348 e. The number of carboxylic acid groups (broad SMARTS) is 1. The molecule has 3 atom stereocenters. The zero-order valence-electron chi connectivity index (χ0n) is 15.6. The fourth-order valence-electron chi connectivity index (χ4n) is 4.02. The van der Waals surface area contributed by atoms with E-state index in [0.717, 1.165) is 18.0 Å². The lowest BCUT2D eigenvalue weighted by Crippen LogP contribution is -2.34. The van der Waals surface area contributed by atoms with Gasteiger partial charge in [0, 0.05) is 36.7 Å². The van der Waals surface area contributed by atoms with Crippen LogP contribution in [0.1, 0.15) is 25.9 Å². The van der Waals surface area contributed by atoms with Gasteiger partial charge in [0.15, 0.2) is 5.13 Å². The van der Waals surface area contributed by atoms with Gasteiger partial charge >= 0.3 is 5.97 Å². The molecule has 4 heterocycles. The predicted molar refractivity (Wildman–Crippen MR) is 118 cm³/mol. The molecule has 156 valence electrons. The predicted octanol–water partition coefficient (Wildman–Crippen LogP) is 4.38. The first-order chi connectivity index (χ1) is 14.3. The number of carbonyl (C=O) groups is 2. The van der Waals surface area contributed by atoms with E-state index in [1.165, 1.54) is 22.7 Å². The third-order valence-corrected chi connectivity index (χ3v) is 8.54. The molecule has 0 bridgehead atoms. The highest BCUT2D eigenvalue weighted by Gasteiger charge is 2.57. The van der Waals surface area contributed by atoms with E-state index in [1.54, 1.807) is 6.92 Å². The number of thiazole rings is 1. The van der Waals surface area contributed by atoms with Gasteiger partial charge in [-0.25, -0.2) is 9.78 Å². The Morgan fingerprint density at radius 3 is 2.60 bits per heavy atom. The highest BCUT2D eigenvalue weighted by atomic mass is 35.5. The Kier molecular flexibility index (Phi) is 4.81. The maximum Gasteiger partial charge on any atom is 0.348 e. The van der Waals surface area contributed by atoms with Crippen molar-refractivity contribution in [2.75, 3.05) is 18.0 Å². The van der Waals surface area contributed by atoms with Crippen molar-refractivity contribution in [3.63, 3.8) is 0 Å². The maximum absolute atomic E-state index is 12.5. The topological polar surface area (TPSA) is 98.3 Å². The van der Waals surface area contributed by atoms with E-state index in [0.29, 0.717) is 33.4 Å². The molecule has 2 aliphatic rings. The lowest BCUT2D eigenvalue weighted by atomic mass is 10.3. The second-order valence-corrected chi connectivity index (χ2v) is 10.1. The molecule has 7 nitrogen and oxygen atoms in total. The number of aromatic carboxylic acids is 1. The summed E-state index contributed by atoms with van der Waals surface area (Å²) in [5.74, 6) is -0.611. The Morgan fingerprint density at radius 2 is 2.03 bits per heavy atom. The number of halogens is 2. The number of nitrogens with one attached hydrogen (secondary N) is 2. The van der Waals surface area contributed by atoms with E-state index in [1.807, 2.05) is 17.5 Å². The number of piperidine rings is 1. The van der Waals surface area contributed by atoms with Crippen LogP contribution in [0.15, 0.2) is 17.5 Å². The van der Waals surface area contributed by atoms with Gasteiger partial charge < -0.3 is 20.3 Å². The number of nitrogens with zero attached hydrogens (tertiary/aromatic N) is 2. The average Bonchev–Trinajstić information content (AvgIpc) is 3.29. The first kappa shape index (κ1) is 19.9. The molecule has 1 aliphatic heterocycles. The number of hydrogen-bond donors (Lipinski definition) is 3. The molecule has 1 saturated heterocycles. The Balaban J connectivity index is 1.27. The minimum Gasteiger partial charge on any atom is -0.477 e. The van der Waals surface area contributed by atoms with Gasteiger partial charge in [-0.3, -0.25) is 4.79 Å². The van der Waals surface area contributed by atoms with Crippen LogP contribution < -0.4 is 10.2 Å². The largest absolute Gasteiger partial charge is 0.477 e. The van der Waals surface area contributed by atoms with Gasteiger partial charge in [-0.2, -0.15) is 0 Å². The van der Waals surface area contributed by atoms with Crippen LogP contribution in [0.25, 0.3) is 10.6 Å². The summed E-state index contributed by atoms with van der Waals surface area (Å²) in [7, 11) is 0. The number of amides is 1. The molecule has 0 radical (unpaired) electrons. The van der Waals surface area contributed by atoms with Gasteiger partial charge in [0.25, 0.3) is 5.91 Å². The monoisotopic (exact) mass is 482 g/mol. The average molecular weight is 483 g/mol. The molecular weight excluding hydrogens is 467 g/mol. The molecule has 3 N–H and O–H groups in total. The zero-order valence-corrected chi connectivity index (χ0v) is 18.8. The van der Waals surface area contributed by atoms with Crippen LogP contribution in [-0.4, -0.2) is 46.1 Å². The van der Waals surface area contributed by atoms with Crippen LogP contribution in [0, 0.1) is 18.8 Å². The molecular formula is C19H16Cl2N4O3S2. The number of H-pyrrole nitrogens is 1. The fraction of sp³-hybridized carbons (Fsp3) is 0.316. The van der Waals surface area contributed by atoms with Crippen LogP contribution in [-0.2, 0) is 0 Å². The van der Waals surface area contributed by atoms with Gasteiger partial charge in [-0.15, -0.1) is 11.3 Å². The normalized spacial score (nSPS) is 22.2. The minimum absolute atomic E-state index is 0.0721. The number of hydrogen-bond acceptors (Lipinski definition) is 6. The molecule has 2 fully saturated rings. The Bertz CT molecular complexity index is 1150. The molecule has 1 aliphatic carbocycles. The van der Waals surface area contributed by atoms with Gasteiger partial charge in [0.05, 0.1) is 14.9 Å². The second kappa shape index (κ2) is 7.26. The first-order valence-electron chi connectivity index (χ1n) is 9.22. The molecule has 5 rings (SSSR count). The minimum atomic E-state index is -0.964. The highest BCUT2D eigenvalue weighted by Crippen LogP contribution is 2.48. The van der Waals surface area contributed by atoms with E-state index >= 15 is 0 Å².